The van der Waals surface area contributed by atoms with Gasteiger partial charge in [-0.15, -0.1) is 0 Å². The van der Waals surface area contributed by atoms with E-state index in [0.717, 1.165) is 12.2 Å². The number of nitrogens with one attached hydrogen (secondary N) is 1. The van der Waals surface area contributed by atoms with Gasteiger partial charge >= 0.3 is 5.97 Å². The summed E-state index contributed by atoms with van der Waals surface area (Å²) in [5.74, 6) is -1.17. The minimum absolute atomic E-state index is 0.0662. The second-order valence-electron chi connectivity index (χ2n) is 3.95. The van der Waals surface area contributed by atoms with Crippen LogP contribution in [0.15, 0.2) is 18.3 Å². The van der Waals surface area contributed by atoms with Crippen molar-refractivity contribution in [1.29, 1.82) is 0 Å². The SMILES string of the molecule is O=C(O)C1CCNC[C@H]1c1ccc(Cl)cn1. The molecule has 2 rings (SSSR count). The molecule has 0 radical (unpaired) electrons. The lowest BCUT2D eigenvalue weighted by atomic mass is 9.84. The first-order valence-corrected chi connectivity index (χ1v) is 5.61. The minimum Gasteiger partial charge on any atom is -0.481 e. The largest absolute Gasteiger partial charge is 0.481 e. The number of piperidine rings is 1. The van der Waals surface area contributed by atoms with Crippen molar-refractivity contribution in [1.82, 2.24) is 10.3 Å². The molecule has 2 N–H and O–H groups in total. The molecule has 0 saturated carbocycles. The van der Waals surface area contributed by atoms with E-state index in [1.807, 2.05) is 0 Å². The number of carbonyl (C=O) groups is 1. The average molecular weight is 241 g/mol. The first-order valence-electron chi connectivity index (χ1n) is 5.23. The molecule has 0 bridgehead atoms. The molecular weight excluding hydrogens is 228 g/mol. The second-order valence-corrected chi connectivity index (χ2v) is 4.38. The van der Waals surface area contributed by atoms with Crippen molar-refractivity contribution in [2.75, 3.05) is 13.1 Å². The lowest BCUT2D eigenvalue weighted by Gasteiger charge is -2.28. The highest BCUT2D eigenvalue weighted by Crippen LogP contribution is 2.28. The van der Waals surface area contributed by atoms with Gasteiger partial charge in [-0.25, -0.2) is 0 Å². The van der Waals surface area contributed by atoms with Crippen molar-refractivity contribution < 1.29 is 9.90 Å². The van der Waals surface area contributed by atoms with Crippen LogP contribution in [0.4, 0.5) is 0 Å². The monoisotopic (exact) mass is 240 g/mol. The van der Waals surface area contributed by atoms with E-state index in [2.05, 4.69) is 10.3 Å². The van der Waals surface area contributed by atoms with E-state index in [4.69, 9.17) is 16.7 Å². The van der Waals surface area contributed by atoms with Gasteiger partial charge in [-0.05, 0) is 25.1 Å². The van der Waals surface area contributed by atoms with E-state index in [-0.39, 0.29) is 11.8 Å². The summed E-state index contributed by atoms with van der Waals surface area (Å²) in [4.78, 5) is 15.3. The van der Waals surface area contributed by atoms with Gasteiger partial charge in [0.2, 0.25) is 0 Å². The number of hydrogen-bond acceptors (Lipinski definition) is 3. The Hall–Kier alpha value is -1.13. The van der Waals surface area contributed by atoms with Crippen molar-refractivity contribution in [3.63, 3.8) is 0 Å². The van der Waals surface area contributed by atoms with Crippen LogP contribution in [-0.4, -0.2) is 29.1 Å². The van der Waals surface area contributed by atoms with Crippen LogP contribution in [0.25, 0.3) is 0 Å². The number of rotatable bonds is 2. The fourth-order valence-electron chi connectivity index (χ4n) is 2.07. The van der Waals surface area contributed by atoms with Crippen LogP contribution in [0.3, 0.4) is 0 Å². The zero-order valence-electron chi connectivity index (χ0n) is 8.69. The fourth-order valence-corrected chi connectivity index (χ4v) is 2.18. The van der Waals surface area contributed by atoms with Crippen LogP contribution in [0, 0.1) is 5.92 Å². The minimum atomic E-state index is -0.747. The zero-order valence-corrected chi connectivity index (χ0v) is 9.44. The molecule has 0 amide bonds. The molecule has 0 spiro atoms. The van der Waals surface area contributed by atoms with Gasteiger partial charge in [0.1, 0.15) is 0 Å². The highest BCUT2D eigenvalue weighted by Gasteiger charge is 2.32. The van der Waals surface area contributed by atoms with E-state index in [1.165, 1.54) is 0 Å². The Morgan fingerprint density at radius 3 is 3.00 bits per heavy atom. The van der Waals surface area contributed by atoms with Crippen LogP contribution in [0.2, 0.25) is 5.02 Å². The summed E-state index contributed by atoms with van der Waals surface area (Å²) in [6.45, 7) is 1.41. The van der Waals surface area contributed by atoms with Crippen molar-refractivity contribution in [2.24, 2.45) is 5.92 Å². The lowest BCUT2D eigenvalue weighted by Crippen LogP contribution is -2.39. The lowest BCUT2D eigenvalue weighted by molar-refractivity contribution is -0.143. The Morgan fingerprint density at radius 1 is 1.56 bits per heavy atom. The highest BCUT2D eigenvalue weighted by molar-refractivity contribution is 6.30. The number of hydrogen-bond donors (Lipinski definition) is 2. The summed E-state index contributed by atoms with van der Waals surface area (Å²) in [6.07, 6.45) is 2.20. The number of nitrogens with zero attached hydrogens (tertiary/aromatic N) is 1. The predicted molar refractivity (Wildman–Crippen MR) is 60.6 cm³/mol. The van der Waals surface area contributed by atoms with E-state index >= 15 is 0 Å². The Kier molecular flexibility index (Phi) is 3.41. The number of carboxylic acids is 1. The normalized spacial score (nSPS) is 25.3. The van der Waals surface area contributed by atoms with Gasteiger partial charge in [-0.1, -0.05) is 11.6 Å². The number of carboxylic acid groups (broad SMARTS) is 1. The summed E-state index contributed by atoms with van der Waals surface area (Å²) in [7, 11) is 0. The summed E-state index contributed by atoms with van der Waals surface area (Å²) >= 11 is 5.76. The predicted octanol–water partition coefficient (Wildman–Crippen LogP) is 1.51. The maximum atomic E-state index is 11.1. The molecule has 1 saturated heterocycles. The molecule has 5 heteroatoms. The highest BCUT2D eigenvalue weighted by atomic mass is 35.5. The van der Waals surface area contributed by atoms with Crippen molar-refractivity contribution in [3.8, 4) is 0 Å². The van der Waals surface area contributed by atoms with Crippen LogP contribution in [0.1, 0.15) is 18.0 Å². The maximum absolute atomic E-state index is 11.1. The van der Waals surface area contributed by atoms with E-state index < -0.39 is 5.97 Å². The maximum Gasteiger partial charge on any atom is 0.307 e. The summed E-state index contributed by atoms with van der Waals surface area (Å²) in [6, 6.07) is 3.55. The van der Waals surface area contributed by atoms with E-state index in [0.29, 0.717) is 18.0 Å². The number of aliphatic carboxylic acids is 1. The number of aromatic nitrogens is 1. The van der Waals surface area contributed by atoms with Gasteiger partial charge in [0, 0.05) is 24.4 Å². The van der Waals surface area contributed by atoms with Crippen LogP contribution in [0.5, 0.6) is 0 Å². The van der Waals surface area contributed by atoms with Gasteiger partial charge in [-0.2, -0.15) is 0 Å². The third kappa shape index (κ3) is 2.33. The molecule has 1 unspecified atom stereocenters. The third-order valence-corrected chi connectivity index (χ3v) is 3.15. The summed E-state index contributed by atoms with van der Waals surface area (Å²) in [5.41, 5.74) is 0.795. The molecule has 2 heterocycles. The number of halogens is 1. The van der Waals surface area contributed by atoms with Gasteiger partial charge in [0.15, 0.2) is 0 Å². The molecule has 1 aliphatic rings. The van der Waals surface area contributed by atoms with Gasteiger partial charge in [-0.3, -0.25) is 9.78 Å². The van der Waals surface area contributed by atoms with Gasteiger partial charge in [0.25, 0.3) is 0 Å². The second kappa shape index (κ2) is 4.80. The van der Waals surface area contributed by atoms with Crippen molar-refractivity contribution >= 4 is 17.6 Å². The first kappa shape index (κ1) is 11.4. The molecule has 0 aliphatic carbocycles. The topological polar surface area (TPSA) is 62.2 Å². The van der Waals surface area contributed by atoms with Crippen LogP contribution < -0.4 is 5.32 Å². The molecule has 1 fully saturated rings. The average Bonchev–Trinajstić information content (AvgIpc) is 2.30. The molecule has 2 atom stereocenters. The van der Waals surface area contributed by atoms with Gasteiger partial charge in [0.05, 0.1) is 10.9 Å². The van der Waals surface area contributed by atoms with Crippen LogP contribution >= 0.6 is 11.6 Å². The zero-order chi connectivity index (χ0) is 11.5. The molecule has 0 aromatic carbocycles. The summed E-state index contributed by atoms with van der Waals surface area (Å²) < 4.78 is 0. The standard InChI is InChI=1S/C11H13ClN2O2/c12-7-1-2-10(14-5-7)9-6-13-4-3-8(9)11(15)16/h1-2,5,8-9,13H,3-4,6H2,(H,15,16)/t8?,9-/m1/s1. The smallest absolute Gasteiger partial charge is 0.307 e. The molecule has 1 aromatic heterocycles. The van der Waals surface area contributed by atoms with Crippen molar-refractivity contribution in [3.05, 3.63) is 29.0 Å². The number of pyridine rings is 1. The Morgan fingerprint density at radius 2 is 2.38 bits per heavy atom. The van der Waals surface area contributed by atoms with Crippen LogP contribution in [-0.2, 0) is 4.79 Å². The molecule has 1 aromatic rings. The third-order valence-electron chi connectivity index (χ3n) is 2.93. The molecule has 86 valence electrons. The fraction of sp³-hybridized carbons (Fsp3) is 0.455. The van der Waals surface area contributed by atoms with Crippen molar-refractivity contribution in [2.45, 2.75) is 12.3 Å². The van der Waals surface area contributed by atoms with E-state index in [9.17, 15) is 4.79 Å². The first-order chi connectivity index (χ1) is 7.68. The van der Waals surface area contributed by atoms with Gasteiger partial charge < -0.3 is 10.4 Å². The van der Waals surface area contributed by atoms with E-state index in [1.54, 1.807) is 18.3 Å². The molecular formula is C11H13ClN2O2. The Bertz CT molecular complexity index is 380. The Labute approximate surface area is 98.6 Å². The molecule has 16 heavy (non-hydrogen) atoms. The summed E-state index contributed by atoms with van der Waals surface area (Å²) in [5, 5.41) is 12.9. The Balaban J connectivity index is 2.23. The molecule has 1 aliphatic heterocycles. The quantitative estimate of drug-likeness (QED) is 0.823. The molecule has 4 nitrogen and oxygen atoms in total.